The Hall–Kier alpha value is -3.67. The second-order valence-corrected chi connectivity index (χ2v) is 14.3. The summed E-state index contributed by atoms with van der Waals surface area (Å²) in [6.07, 6.45) is 8.82. The van der Waals surface area contributed by atoms with Crippen molar-refractivity contribution in [3.8, 4) is 17.7 Å². The first kappa shape index (κ1) is 33.2. The van der Waals surface area contributed by atoms with Crippen LogP contribution in [0.3, 0.4) is 0 Å². The van der Waals surface area contributed by atoms with Crippen LogP contribution < -0.4 is 4.74 Å². The number of unbranched alkanes of at least 4 members (excludes halogenated alkanes) is 5. The highest BCUT2D eigenvalue weighted by atomic mass is 16.5. The van der Waals surface area contributed by atoms with Crippen molar-refractivity contribution in [2.45, 2.75) is 52.4 Å². The predicted molar refractivity (Wildman–Crippen MR) is 174 cm³/mol. The van der Waals surface area contributed by atoms with Gasteiger partial charge < -0.3 is 18.2 Å². The van der Waals surface area contributed by atoms with Crippen molar-refractivity contribution < 1.29 is 27.8 Å². The fourth-order valence-corrected chi connectivity index (χ4v) is 6.51. The normalized spacial score (nSPS) is 13.7. The predicted octanol–water partition coefficient (Wildman–Crippen LogP) is 6.03. The molecule has 2 aromatic carbocycles. The Morgan fingerprint density at radius 2 is 1.41 bits per heavy atom. The van der Waals surface area contributed by atoms with Crippen molar-refractivity contribution in [1.82, 2.24) is 10.1 Å². The van der Waals surface area contributed by atoms with Crippen LogP contribution in [0.4, 0.5) is 0 Å². The number of aromatic nitrogens is 1. The number of carbonyl (C=O) groups is 2. The van der Waals surface area contributed by atoms with E-state index in [9.17, 15) is 9.59 Å². The Balaban J connectivity index is 1.13. The molecule has 0 N–H and O–H groups in total. The molecule has 0 radical (unpaired) electrons. The molecule has 3 aromatic rings. The third-order valence-corrected chi connectivity index (χ3v) is 8.41. The average molecular weight is 603 g/mol. The van der Waals surface area contributed by atoms with E-state index in [-0.39, 0.29) is 17.2 Å². The van der Waals surface area contributed by atoms with Crippen LogP contribution >= 0.6 is 0 Å². The quantitative estimate of drug-likeness (QED) is 0.0867. The molecule has 8 heteroatoms. The minimum Gasteiger partial charge on any atom is -0.462 e. The SMILES string of the molecule is CC(C)(CN1C(=O)c2cccc3cccc(c23)C1=O)C[N+](C)(C)CCCCCCCC[N+](C)(C)CC#CCOc1ccon1. The van der Waals surface area contributed by atoms with E-state index in [1.165, 1.54) is 49.7 Å². The minimum atomic E-state index is -0.214. The maximum atomic E-state index is 13.4. The van der Waals surface area contributed by atoms with E-state index >= 15 is 0 Å². The topological polar surface area (TPSA) is 72.6 Å². The summed E-state index contributed by atoms with van der Waals surface area (Å²) in [5, 5.41) is 5.43. The van der Waals surface area contributed by atoms with Gasteiger partial charge >= 0.3 is 0 Å². The fourth-order valence-electron chi connectivity index (χ4n) is 6.51. The molecule has 4 rings (SSSR count). The smallest absolute Gasteiger partial charge is 0.261 e. The van der Waals surface area contributed by atoms with Gasteiger partial charge in [-0.1, -0.05) is 56.9 Å². The zero-order valence-corrected chi connectivity index (χ0v) is 27.5. The van der Waals surface area contributed by atoms with Crippen molar-refractivity contribution in [3.05, 3.63) is 59.9 Å². The number of ether oxygens (including phenoxy) is 1. The molecular weight excluding hydrogens is 552 g/mol. The fraction of sp³-hybridized carbons (Fsp3) is 0.528. The number of hydrogen-bond donors (Lipinski definition) is 0. The lowest BCUT2D eigenvalue weighted by Crippen LogP contribution is -2.52. The number of quaternary nitrogens is 2. The lowest BCUT2D eigenvalue weighted by Gasteiger charge is -2.40. The molecule has 1 aliphatic heterocycles. The van der Waals surface area contributed by atoms with Gasteiger partial charge in [-0.2, -0.15) is 0 Å². The van der Waals surface area contributed by atoms with E-state index in [2.05, 4.69) is 59.0 Å². The van der Waals surface area contributed by atoms with E-state index in [0.717, 1.165) is 45.9 Å². The van der Waals surface area contributed by atoms with Crippen LogP contribution in [0, 0.1) is 17.3 Å². The largest absolute Gasteiger partial charge is 0.462 e. The van der Waals surface area contributed by atoms with Gasteiger partial charge in [-0.25, -0.2) is 0 Å². The first-order chi connectivity index (χ1) is 20.9. The Bertz CT molecular complexity index is 1430. The number of amides is 2. The molecule has 0 atom stereocenters. The molecule has 2 heterocycles. The zero-order valence-electron chi connectivity index (χ0n) is 27.5. The van der Waals surface area contributed by atoms with Crippen LogP contribution in [0.1, 0.15) is 73.1 Å². The average Bonchev–Trinajstić information content (AvgIpc) is 3.48. The zero-order chi connectivity index (χ0) is 31.8. The summed E-state index contributed by atoms with van der Waals surface area (Å²) in [4.78, 5) is 28.3. The number of carbonyl (C=O) groups excluding carboxylic acids is 2. The number of hydrogen-bond acceptors (Lipinski definition) is 5. The number of benzene rings is 2. The van der Waals surface area contributed by atoms with Crippen molar-refractivity contribution in [2.75, 3.05) is 67.5 Å². The monoisotopic (exact) mass is 602 g/mol. The molecule has 0 unspecified atom stereocenters. The Morgan fingerprint density at radius 1 is 0.818 bits per heavy atom. The molecule has 0 saturated heterocycles. The lowest BCUT2D eigenvalue weighted by molar-refractivity contribution is -0.896. The van der Waals surface area contributed by atoms with E-state index in [0.29, 0.717) is 30.2 Å². The summed E-state index contributed by atoms with van der Waals surface area (Å²) >= 11 is 0. The molecule has 0 fully saturated rings. The molecule has 1 aliphatic rings. The third kappa shape index (κ3) is 9.17. The first-order valence-corrected chi connectivity index (χ1v) is 15.9. The summed E-state index contributed by atoms with van der Waals surface area (Å²) in [7, 11) is 8.98. The van der Waals surface area contributed by atoms with Crippen LogP contribution in [0.15, 0.2) is 53.3 Å². The lowest BCUT2D eigenvalue weighted by atomic mass is 9.88. The van der Waals surface area contributed by atoms with Crippen molar-refractivity contribution in [2.24, 2.45) is 5.41 Å². The number of nitrogens with zero attached hydrogens (tertiary/aromatic N) is 4. The van der Waals surface area contributed by atoms with Crippen LogP contribution in [-0.4, -0.2) is 98.4 Å². The van der Waals surface area contributed by atoms with Gasteiger partial charge in [0.1, 0.15) is 12.8 Å². The molecule has 0 saturated carbocycles. The third-order valence-electron chi connectivity index (χ3n) is 8.41. The summed E-state index contributed by atoms with van der Waals surface area (Å²) in [5.41, 5.74) is 1.04. The molecular formula is C36H50N4O4+2. The van der Waals surface area contributed by atoms with Crippen LogP contribution in [-0.2, 0) is 0 Å². The van der Waals surface area contributed by atoms with Gasteiger partial charge in [-0.05, 0) is 54.3 Å². The molecule has 1 aromatic heterocycles. The van der Waals surface area contributed by atoms with Crippen molar-refractivity contribution in [1.29, 1.82) is 0 Å². The van der Waals surface area contributed by atoms with Gasteiger partial charge in [0.05, 0.1) is 47.8 Å². The standard InChI is InChI=1S/C36H50N4O4/c1-36(2,27-38-34(41)30-19-15-17-29-18-16-20-31(33(29)30)35(38)42)28-40(5,6)24-12-10-8-7-9-11-22-39(3,4)23-13-14-25-43-32-21-26-44-37-32/h15-21,26H,7-12,22-25,27-28H2,1-6H3/q+2. The minimum absolute atomic E-state index is 0.179. The molecule has 2 amide bonds. The number of rotatable bonds is 16. The molecule has 0 aliphatic carbocycles. The summed E-state index contributed by atoms with van der Waals surface area (Å²) in [6, 6.07) is 13.1. The Morgan fingerprint density at radius 3 is 2.00 bits per heavy atom. The molecule has 0 spiro atoms. The molecule has 44 heavy (non-hydrogen) atoms. The maximum absolute atomic E-state index is 13.4. The maximum Gasteiger partial charge on any atom is 0.261 e. The van der Waals surface area contributed by atoms with E-state index < -0.39 is 0 Å². The van der Waals surface area contributed by atoms with Gasteiger partial charge in [0, 0.05) is 34.5 Å². The van der Waals surface area contributed by atoms with Gasteiger partial charge in [0.25, 0.3) is 17.7 Å². The Kier molecular flexibility index (Phi) is 10.9. The van der Waals surface area contributed by atoms with Gasteiger partial charge in [-0.15, -0.1) is 0 Å². The summed E-state index contributed by atoms with van der Waals surface area (Å²) in [6.45, 7) is 8.96. The second-order valence-electron chi connectivity index (χ2n) is 14.3. The number of imide groups is 1. The van der Waals surface area contributed by atoms with Crippen LogP contribution in [0.5, 0.6) is 5.88 Å². The van der Waals surface area contributed by atoms with E-state index in [1.54, 1.807) is 6.07 Å². The summed E-state index contributed by atoms with van der Waals surface area (Å²) in [5.74, 6) is 6.39. The molecule has 236 valence electrons. The second kappa shape index (κ2) is 14.4. The van der Waals surface area contributed by atoms with E-state index in [1.807, 2.05) is 36.4 Å². The van der Waals surface area contributed by atoms with Crippen LogP contribution in [0.25, 0.3) is 10.8 Å². The van der Waals surface area contributed by atoms with Crippen molar-refractivity contribution in [3.63, 3.8) is 0 Å². The summed E-state index contributed by atoms with van der Waals surface area (Å²) < 4.78 is 11.9. The van der Waals surface area contributed by atoms with E-state index in [4.69, 9.17) is 9.26 Å². The Labute approximate surface area is 263 Å². The molecule has 0 bridgehead atoms. The van der Waals surface area contributed by atoms with Gasteiger partial charge in [0.2, 0.25) is 0 Å². The highest BCUT2D eigenvalue weighted by Gasteiger charge is 2.38. The van der Waals surface area contributed by atoms with Crippen molar-refractivity contribution >= 4 is 22.6 Å². The first-order valence-electron chi connectivity index (χ1n) is 15.9. The van der Waals surface area contributed by atoms with Gasteiger partial charge in [0.15, 0.2) is 6.61 Å². The highest BCUT2D eigenvalue weighted by Crippen LogP contribution is 2.32. The molecule has 8 nitrogen and oxygen atoms in total. The highest BCUT2D eigenvalue weighted by molar-refractivity contribution is 6.25. The van der Waals surface area contributed by atoms with Crippen LogP contribution in [0.2, 0.25) is 0 Å². The van der Waals surface area contributed by atoms with Gasteiger partial charge in [-0.3, -0.25) is 14.5 Å².